The van der Waals surface area contributed by atoms with Crippen LogP contribution >= 0.6 is 11.6 Å². The molecule has 4 rings (SSSR count). The number of aromatic nitrogens is 3. The minimum absolute atomic E-state index is 0.00452. The summed E-state index contributed by atoms with van der Waals surface area (Å²) in [5, 5.41) is 6.96. The number of hydrogen-bond donors (Lipinski definition) is 3. The second-order valence-corrected chi connectivity index (χ2v) is 7.59. The summed E-state index contributed by atoms with van der Waals surface area (Å²) in [4.78, 5) is 3.72. The van der Waals surface area contributed by atoms with Crippen LogP contribution in [0.4, 0.5) is 25.1 Å². The van der Waals surface area contributed by atoms with Crippen LogP contribution in [0.25, 0.3) is 16.8 Å². The van der Waals surface area contributed by atoms with E-state index in [4.69, 9.17) is 27.8 Å². The molecule has 1 saturated heterocycles. The van der Waals surface area contributed by atoms with Crippen molar-refractivity contribution in [2.75, 3.05) is 24.6 Å². The Kier molecular flexibility index (Phi) is 5.67. The molecule has 1 aromatic heterocycles. The highest BCUT2D eigenvalue weighted by Crippen LogP contribution is 2.43. The van der Waals surface area contributed by atoms with Crippen molar-refractivity contribution < 1.29 is 17.9 Å². The molecule has 1 aliphatic rings. The molecule has 31 heavy (non-hydrogen) atoms. The number of alkyl halides is 3. The van der Waals surface area contributed by atoms with Crippen LogP contribution in [-0.4, -0.2) is 34.0 Å². The lowest BCUT2D eigenvalue weighted by molar-refractivity contribution is -0.137. The summed E-state index contributed by atoms with van der Waals surface area (Å²) < 4.78 is 49.0. The Bertz CT molecular complexity index is 1100. The molecule has 0 radical (unpaired) electrons. The number of benzene rings is 2. The van der Waals surface area contributed by atoms with Gasteiger partial charge in [-0.2, -0.15) is 22.8 Å². The van der Waals surface area contributed by atoms with Gasteiger partial charge in [-0.25, -0.2) is 0 Å². The zero-order valence-electron chi connectivity index (χ0n) is 16.3. The number of nitrogens with two attached hydrogens (primary N) is 2. The Balaban J connectivity index is 1.77. The van der Waals surface area contributed by atoms with E-state index >= 15 is 0 Å². The Morgan fingerprint density at radius 3 is 2.52 bits per heavy atom. The summed E-state index contributed by atoms with van der Waals surface area (Å²) >= 11 is 6.35. The predicted molar refractivity (Wildman–Crippen MR) is 112 cm³/mol. The summed E-state index contributed by atoms with van der Waals surface area (Å²) in [5.41, 5.74) is 10.4. The van der Waals surface area contributed by atoms with Gasteiger partial charge in [-0.05, 0) is 55.8 Å². The molecule has 0 atom stereocenters. The molecule has 0 saturated carbocycles. The van der Waals surface area contributed by atoms with Gasteiger partial charge in [0.15, 0.2) is 0 Å². The number of nitrogen functional groups attached to an aromatic ring is 2. The van der Waals surface area contributed by atoms with Gasteiger partial charge < -0.3 is 21.5 Å². The monoisotopic (exact) mass is 452 g/mol. The van der Waals surface area contributed by atoms with Crippen LogP contribution in [-0.2, 0) is 6.18 Å². The Morgan fingerprint density at radius 1 is 1.13 bits per heavy atom. The zero-order chi connectivity index (χ0) is 22.2. The van der Waals surface area contributed by atoms with Crippen molar-refractivity contribution in [1.29, 1.82) is 0 Å². The number of piperidine rings is 1. The average Bonchev–Trinajstić information content (AvgIpc) is 3.05. The number of nitrogens with one attached hydrogen (secondary N) is 1. The van der Waals surface area contributed by atoms with E-state index in [9.17, 15) is 13.2 Å². The van der Waals surface area contributed by atoms with Crippen molar-refractivity contribution in [3.8, 4) is 22.6 Å². The van der Waals surface area contributed by atoms with Crippen molar-refractivity contribution in [2.24, 2.45) is 0 Å². The Morgan fingerprint density at radius 2 is 1.87 bits per heavy atom. The van der Waals surface area contributed by atoms with Crippen LogP contribution in [0.3, 0.4) is 0 Å². The third kappa shape index (κ3) is 4.54. The topological polar surface area (TPSA) is 104 Å². The molecule has 0 amide bonds. The molecule has 1 aliphatic heterocycles. The molecular formula is C20H20ClF3N6O. The first-order valence-corrected chi connectivity index (χ1v) is 9.97. The van der Waals surface area contributed by atoms with Crippen molar-refractivity contribution in [2.45, 2.75) is 25.1 Å². The quantitative estimate of drug-likeness (QED) is 0.554. The number of anilines is 2. The summed E-state index contributed by atoms with van der Waals surface area (Å²) in [6, 6.07) is 8.77. The van der Waals surface area contributed by atoms with Gasteiger partial charge in [0, 0.05) is 5.56 Å². The van der Waals surface area contributed by atoms with E-state index < -0.39 is 11.7 Å². The summed E-state index contributed by atoms with van der Waals surface area (Å²) in [6.07, 6.45) is -3.01. The van der Waals surface area contributed by atoms with E-state index in [0.717, 1.165) is 36.7 Å². The molecular weight excluding hydrogens is 433 g/mol. The Labute approximate surface area is 181 Å². The van der Waals surface area contributed by atoms with Crippen LogP contribution in [0.15, 0.2) is 36.4 Å². The normalized spacial score (nSPS) is 15.2. The third-order valence-corrected chi connectivity index (χ3v) is 5.28. The lowest BCUT2D eigenvalue weighted by Gasteiger charge is -2.24. The summed E-state index contributed by atoms with van der Waals surface area (Å²) in [5.74, 6) is 0.187. The van der Waals surface area contributed by atoms with E-state index in [0.29, 0.717) is 11.3 Å². The lowest BCUT2D eigenvalue weighted by atomic mass is 9.98. The molecule has 2 heterocycles. The highest BCUT2D eigenvalue weighted by Gasteiger charge is 2.36. The van der Waals surface area contributed by atoms with Crippen LogP contribution in [0.1, 0.15) is 18.4 Å². The molecule has 0 aliphatic carbocycles. The summed E-state index contributed by atoms with van der Waals surface area (Å²) in [6.45, 7) is 1.68. The maximum atomic E-state index is 14.0. The number of ether oxygens (including phenoxy) is 1. The van der Waals surface area contributed by atoms with Crippen LogP contribution < -0.4 is 21.5 Å². The van der Waals surface area contributed by atoms with Crippen LogP contribution in [0, 0.1) is 0 Å². The first-order valence-electron chi connectivity index (χ1n) is 9.59. The SMILES string of the molecule is Nc1nc(N)n(-c2cc(Cl)c(-c3cccc(OC4CCNCC4)c3)c(C(F)(F)F)c2)n1. The zero-order valence-corrected chi connectivity index (χ0v) is 17.0. The first kappa shape index (κ1) is 21.3. The van der Waals surface area contributed by atoms with E-state index in [1.807, 2.05) is 0 Å². The fourth-order valence-electron chi connectivity index (χ4n) is 3.59. The maximum Gasteiger partial charge on any atom is 0.417 e. The number of halogens is 4. The van der Waals surface area contributed by atoms with Gasteiger partial charge in [0.05, 0.1) is 16.3 Å². The van der Waals surface area contributed by atoms with Crippen LogP contribution in [0.2, 0.25) is 5.02 Å². The number of hydrogen-bond acceptors (Lipinski definition) is 6. The van der Waals surface area contributed by atoms with Crippen molar-refractivity contribution in [1.82, 2.24) is 20.1 Å². The average molecular weight is 453 g/mol. The second-order valence-electron chi connectivity index (χ2n) is 7.18. The molecule has 3 aromatic rings. The van der Waals surface area contributed by atoms with Crippen molar-refractivity contribution in [3.63, 3.8) is 0 Å². The van der Waals surface area contributed by atoms with Crippen molar-refractivity contribution in [3.05, 3.63) is 47.0 Å². The van der Waals surface area contributed by atoms with Crippen LogP contribution in [0.5, 0.6) is 5.75 Å². The molecule has 7 nitrogen and oxygen atoms in total. The molecule has 2 aromatic carbocycles. The predicted octanol–water partition coefficient (Wildman–Crippen LogP) is 3.90. The van der Waals surface area contributed by atoms with E-state index in [2.05, 4.69) is 15.4 Å². The largest absolute Gasteiger partial charge is 0.490 e. The van der Waals surface area contributed by atoms with Gasteiger partial charge in [-0.3, -0.25) is 0 Å². The van der Waals surface area contributed by atoms with Gasteiger partial charge >= 0.3 is 6.18 Å². The van der Waals surface area contributed by atoms with E-state index in [-0.39, 0.29) is 34.3 Å². The van der Waals surface area contributed by atoms with Gasteiger partial charge in [-0.1, -0.05) is 23.7 Å². The fourth-order valence-corrected chi connectivity index (χ4v) is 3.92. The minimum Gasteiger partial charge on any atom is -0.490 e. The molecule has 5 N–H and O–H groups in total. The van der Waals surface area contributed by atoms with E-state index in [1.165, 1.54) is 6.07 Å². The van der Waals surface area contributed by atoms with E-state index in [1.54, 1.807) is 24.3 Å². The molecule has 0 bridgehead atoms. The second kappa shape index (κ2) is 8.27. The number of nitrogens with zero attached hydrogens (tertiary/aromatic N) is 3. The number of rotatable bonds is 4. The molecule has 0 unspecified atom stereocenters. The molecule has 1 fully saturated rings. The molecule has 164 valence electrons. The van der Waals surface area contributed by atoms with Gasteiger partial charge in [-0.15, -0.1) is 5.10 Å². The van der Waals surface area contributed by atoms with Gasteiger partial charge in [0.1, 0.15) is 11.9 Å². The van der Waals surface area contributed by atoms with Crippen molar-refractivity contribution >= 4 is 23.5 Å². The first-order chi connectivity index (χ1) is 14.7. The highest BCUT2D eigenvalue weighted by atomic mass is 35.5. The molecule has 11 heteroatoms. The third-order valence-electron chi connectivity index (χ3n) is 4.99. The van der Waals surface area contributed by atoms with Gasteiger partial charge in [0.25, 0.3) is 0 Å². The van der Waals surface area contributed by atoms with Gasteiger partial charge in [0.2, 0.25) is 11.9 Å². The smallest absolute Gasteiger partial charge is 0.417 e. The Hall–Kier alpha value is -2.98. The summed E-state index contributed by atoms with van der Waals surface area (Å²) in [7, 11) is 0. The minimum atomic E-state index is -4.68. The fraction of sp³-hybridized carbons (Fsp3) is 0.300. The molecule has 0 spiro atoms. The maximum absolute atomic E-state index is 14.0. The standard InChI is InChI=1S/C20H20ClF3N6O/c21-16-10-12(30-19(26)28-18(25)29-30)9-15(20(22,23)24)17(16)11-2-1-3-14(8-11)31-13-4-6-27-7-5-13/h1-3,8-10,13,27H,4-7H2,(H4,25,26,28,29). The highest BCUT2D eigenvalue weighted by molar-refractivity contribution is 6.33. The lowest BCUT2D eigenvalue weighted by Crippen LogP contribution is -2.34.